The molecule has 4 rings (SSSR count). The van der Waals surface area contributed by atoms with Gasteiger partial charge < -0.3 is 15.2 Å². The Morgan fingerprint density at radius 2 is 1.85 bits per heavy atom. The van der Waals surface area contributed by atoms with Crippen LogP contribution >= 0.6 is 11.3 Å². The number of benzene rings is 2. The first kappa shape index (κ1) is 17.3. The monoisotopic (exact) mass is 379 g/mol. The lowest BCUT2D eigenvalue weighted by molar-refractivity contribution is -0.116. The van der Waals surface area contributed by atoms with Crippen LogP contribution in [0.5, 0.6) is 5.75 Å². The van der Waals surface area contributed by atoms with Crippen LogP contribution in [0.3, 0.4) is 0 Å². The van der Waals surface area contributed by atoms with E-state index in [1.165, 1.54) is 0 Å². The summed E-state index contributed by atoms with van der Waals surface area (Å²) >= 11 is 1.61. The molecule has 1 aliphatic heterocycles. The van der Waals surface area contributed by atoms with E-state index in [4.69, 9.17) is 9.84 Å². The molecular weight excluding hydrogens is 362 g/mol. The van der Waals surface area contributed by atoms with Gasteiger partial charge in [0, 0.05) is 28.2 Å². The third kappa shape index (κ3) is 3.19. The van der Waals surface area contributed by atoms with E-state index in [-0.39, 0.29) is 17.4 Å². The van der Waals surface area contributed by atoms with Gasteiger partial charge in [-0.05, 0) is 35.4 Å². The van der Waals surface area contributed by atoms with Gasteiger partial charge >= 0.3 is 5.97 Å². The van der Waals surface area contributed by atoms with Crippen LogP contribution in [0.15, 0.2) is 53.9 Å². The number of anilines is 1. The molecule has 1 amide bonds. The maximum absolute atomic E-state index is 12.3. The molecule has 0 spiro atoms. The molecular formula is C21H17NO4S. The fourth-order valence-corrected chi connectivity index (χ4v) is 4.50. The van der Waals surface area contributed by atoms with Crippen molar-refractivity contribution < 1.29 is 19.4 Å². The van der Waals surface area contributed by atoms with Gasteiger partial charge in [0.1, 0.15) is 5.75 Å². The Labute approximate surface area is 160 Å². The summed E-state index contributed by atoms with van der Waals surface area (Å²) in [5, 5.41) is 14.1. The number of aromatic carboxylic acids is 1. The van der Waals surface area contributed by atoms with Crippen molar-refractivity contribution >= 4 is 28.9 Å². The number of hydrogen-bond donors (Lipinski definition) is 2. The van der Waals surface area contributed by atoms with Gasteiger partial charge in [-0.15, -0.1) is 11.3 Å². The summed E-state index contributed by atoms with van der Waals surface area (Å²) in [7, 11) is 1.63. The molecule has 3 aromatic rings. The molecule has 0 radical (unpaired) electrons. The lowest BCUT2D eigenvalue weighted by Gasteiger charge is -2.24. The number of carbonyl (C=O) groups is 2. The molecule has 5 nitrogen and oxygen atoms in total. The van der Waals surface area contributed by atoms with Gasteiger partial charge in [0.05, 0.1) is 18.4 Å². The molecule has 0 bridgehead atoms. The van der Waals surface area contributed by atoms with Crippen molar-refractivity contribution in [3.63, 3.8) is 0 Å². The highest BCUT2D eigenvalue weighted by molar-refractivity contribution is 7.11. The molecule has 1 unspecified atom stereocenters. The second kappa shape index (κ2) is 6.89. The number of ether oxygens (including phenoxy) is 1. The smallest absolute Gasteiger partial charge is 0.335 e. The third-order valence-electron chi connectivity index (χ3n) is 4.75. The first-order valence-electron chi connectivity index (χ1n) is 8.45. The van der Waals surface area contributed by atoms with Crippen LogP contribution in [-0.2, 0) is 4.79 Å². The topological polar surface area (TPSA) is 75.6 Å². The lowest BCUT2D eigenvalue weighted by atomic mass is 9.88. The van der Waals surface area contributed by atoms with Crippen LogP contribution in [0.4, 0.5) is 5.69 Å². The zero-order chi connectivity index (χ0) is 19.0. The zero-order valence-electron chi connectivity index (χ0n) is 14.6. The predicted octanol–water partition coefficient (Wildman–Crippen LogP) is 4.60. The standard InChI is InChI=1S/C21H17NO4S/c1-26-15-8-6-13(7-9-15)17-11-27-20-16(10-18(23)22-19(17)20)12-2-4-14(5-3-12)21(24)25/h2-9,11,16H,10H2,1H3,(H,22,23)(H,24,25). The number of methoxy groups -OCH3 is 1. The molecule has 136 valence electrons. The normalized spacial score (nSPS) is 15.7. The predicted molar refractivity (Wildman–Crippen MR) is 105 cm³/mol. The molecule has 2 N–H and O–H groups in total. The third-order valence-corrected chi connectivity index (χ3v) is 5.85. The van der Waals surface area contributed by atoms with Gasteiger partial charge in [0.15, 0.2) is 0 Å². The number of fused-ring (bicyclic) bond motifs is 1. The van der Waals surface area contributed by atoms with Crippen molar-refractivity contribution in [2.24, 2.45) is 0 Å². The molecule has 2 aromatic carbocycles. The van der Waals surface area contributed by atoms with E-state index < -0.39 is 5.97 Å². The van der Waals surface area contributed by atoms with Crippen LogP contribution in [0.1, 0.15) is 33.1 Å². The molecule has 1 aromatic heterocycles. The minimum Gasteiger partial charge on any atom is -0.497 e. The van der Waals surface area contributed by atoms with Crippen molar-refractivity contribution in [1.29, 1.82) is 0 Å². The van der Waals surface area contributed by atoms with E-state index in [0.717, 1.165) is 33.0 Å². The second-order valence-electron chi connectivity index (χ2n) is 6.35. The van der Waals surface area contributed by atoms with Gasteiger partial charge in [-0.2, -0.15) is 0 Å². The van der Waals surface area contributed by atoms with Gasteiger partial charge in [-0.3, -0.25) is 4.79 Å². The molecule has 1 atom stereocenters. The highest BCUT2D eigenvalue weighted by atomic mass is 32.1. The summed E-state index contributed by atoms with van der Waals surface area (Å²) < 4.78 is 5.21. The highest BCUT2D eigenvalue weighted by Crippen LogP contribution is 2.46. The summed E-state index contributed by atoms with van der Waals surface area (Å²) in [5.41, 5.74) is 4.02. The van der Waals surface area contributed by atoms with Crippen molar-refractivity contribution in [2.45, 2.75) is 12.3 Å². The van der Waals surface area contributed by atoms with Crippen molar-refractivity contribution in [3.8, 4) is 16.9 Å². The molecule has 0 aliphatic carbocycles. The fourth-order valence-electron chi connectivity index (χ4n) is 3.34. The van der Waals surface area contributed by atoms with Crippen LogP contribution in [0.25, 0.3) is 11.1 Å². The summed E-state index contributed by atoms with van der Waals surface area (Å²) in [4.78, 5) is 24.5. The Balaban J connectivity index is 1.73. The first-order chi connectivity index (χ1) is 13.1. The molecule has 27 heavy (non-hydrogen) atoms. The average Bonchev–Trinajstić information content (AvgIpc) is 3.11. The number of carboxylic acids is 1. The number of thiophene rings is 1. The van der Waals surface area contributed by atoms with Crippen LogP contribution in [0.2, 0.25) is 0 Å². The van der Waals surface area contributed by atoms with E-state index >= 15 is 0 Å². The minimum absolute atomic E-state index is 0.0389. The zero-order valence-corrected chi connectivity index (χ0v) is 15.4. The molecule has 0 fully saturated rings. The Kier molecular flexibility index (Phi) is 4.41. The minimum atomic E-state index is -0.957. The average molecular weight is 379 g/mol. The number of carbonyl (C=O) groups excluding carboxylic acids is 1. The van der Waals surface area contributed by atoms with E-state index in [2.05, 4.69) is 10.7 Å². The Morgan fingerprint density at radius 3 is 2.48 bits per heavy atom. The number of nitrogens with one attached hydrogen (secondary N) is 1. The largest absolute Gasteiger partial charge is 0.497 e. The van der Waals surface area contributed by atoms with Gasteiger partial charge in [0.2, 0.25) is 5.91 Å². The van der Waals surface area contributed by atoms with Crippen molar-refractivity contribution in [1.82, 2.24) is 0 Å². The number of hydrogen-bond acceptors (Lipinski definition) is 4. The van der Waals surface area contributed by atoms with Crippen LogP contribution in [-0.4, -0.2) is 24.1 Å². The fraction of sp³-hybridized carbons (Fsp3) is 0.143. The van der Waals surface area contributed by atoms with E-state index in [1.54, 1.807) is 42.7 Å². The number of carboxylic acid groups (broad SMARTS) is 1. The summed E-state index contributed by atoms with van der Waals surface area (Å²) in [5.74, 6) is -0.290. The Hall–Kier alpha value is -3.12. The molecule has 6 heteroatoms. The van der Waals surface area contributed by atoms with E-state index in [9.17, 15) is 9.59 Å². The molecule has 0 saturated heterocycles. The summed E-state index contributed by atoms with van der Waals surface area (Å²) in [6, 6.07) is 14.5. The van der Waals surface area contributed by atoms with E-state index in [1.807, 2.05) is 24.3 Å². The molecule has 0 saturated carbocycles. The first-order valence-corrected chi connectivity index (χ1v) is 9.33. The SMILES string of the molecule is COc1ccc(-c2csc3c2NC(=O)CC3c2ccc(C(=O)O)cc2)cc1. The van der Waals surface area contributed by atoms with Crippen molar-refractivity contribution in [2.75, 3.05) is 12.4 Å². The quantitative estimate of drug-likeness (QED) is 0.695. The van der Waals surface area contributed by atoms with Gasteiger partial charge in [0.25, 0.3) is 0 Å². The van der Waals surface area contributed by atoms with Crippen LogP contribution in [0, 0.1) is 0 Å². The molecule has 2 heterocycles. The van der Waals surface area contributed by atoms with Gasteiger partial charge in [-0.25, -0.2) is 4.79 Å². The lowest BCUT2D eigenvalue weighted by Crippen LogP contribution is -2.22. The maximum atomic E-state index is 12.3. The molecule has 1 aliphatic rings. The summed E-state index contributed by atoms with van der Waals surface area (Å²) in [6.45, 7) is 0. The highest BCUT2D eigenvalue weighted by Gasteiger charge is 2.30. The Bertz CT molecular complexity index is 1010. The summed E-state index contributed by atoms with van der Waals surface area (Å²) in [6.07, 6.45) is 0.349. The van der Waals surface area contributed by atoms with E-state index in [0.29, 0.717) is 6.42 Å². The number of rotatable bonds is 4. The second-order valence-corrected chi connectivity index (χ2v) is 7.26. The Morgan fingerprint density at radius 1 is 1.15 bits per heavy atom. The van der Waals surface area contributed by atoms with Crippen LogP contribution < -0.4 is 10.1 Å². The van der Waals surface area contributed by atoms with Crippen molar-refractivity contribution in [3.05, 3.63) is 69.9 Å². The maximum Gasteiger partial charge on any atom is 0.335 e. The van der Waals surface area contributed by atoms with Gasteiger partial charge in [-0.1, -0.05) is 24.3 Å². The number of amides is 1.